The average Bonchev–Trinajstić information content (AvgIpc) is 2.47. The molecule has 0 saturated heterocycles. The van der Waals surface area contributed by atoms with Gasteiger partial charge in [-0.25, -0.2) is 0 Å². The maximum atomic E-state index is 5.90. The van der Waals surface area contributed by atoms with Crippen molar-refractivity contribution in [3.8, 4) is 5.75 Å². The maximum Gasteiger partial charge on any atom is 0.119 e. The van der Waals surface area contributed by atoms with E-state index in [1.807, 2.05) is 31.2 Å². The normalized spacial score (nSPS) is 12.2. The second-order valence-corrected chi connectivity index (χ2v) is 4.83. The minimum absolute atomic E-state index is 0.0629. The lowest BCUT2D eigenvalue weighted by molar-refractivity contribution is 0.340. The number of pyridine rings is 1. The molecule has 0 spiro atoms. The van der Waals surface area contributed by atoms with Gasteiger partial charge in [-0.05, 0) is 43.3 Å². The Kier molecular flexibility index (Phi) is 5.39. The Morgan fingerprint density at radius 2 is 1.90 bits per heavy atom. The third-order valence-corrected chi connectivity index (χ3v) is 3.20. The van der Waals surface area contributed by atoms with Crippen LogP contribution >= 0.6 is 11.6 Å². The lowest BCUT2D eigenvalue weighted by atomic mass is 10.0. The predicted octanol–water partition coefficient (Wildman–Crippen LogP) is 3.83. The number of nitrogens with one attached hydrogen (secondary N) is 1. The van der Waals surface area contributed by atoms with Crippen LogP contribution in [0.5, 0.6) is 5.75 Å². The highest BCUT2D eigenvalue weighted by molar-refractivity contribution is 6.30. The smallest absolute Gasteiger partial charge is 0.119 e. The molecular weight excluding hydrogens is 272 g/mol. The van der Waals surface area contributed by atoms with E-state index in [0.29, 0.717) is 11.6 Å². The van der Waals surface area contributed by atoms with Gasteiger partial charge in [0.15, 0.2) is 0 Å². The summed E-state index contributed by atoms with van der Waals surface area (Å²) in [6.07, 6.45) is 1.68. The summed E-state index contributed by atoms with van der Waals surface area (Å²) in [6.45, 7) is 5.60. The zero-order chi connectivity index (χ0) is 14.4. The fourth-order valence-corrected chi connectivity index (χ4v) is 2.19. The summed E-state index contributed by atoms with van der Waals surface area (Å²) >= 11 is 5.90. The van der Waals surface area contributed by atoms with E-state index >= 15 is 0 Å². The van der Waals surface area contributed by atoms with Crippen LogP contribution in [0, 0.1) is 0 Å². The van der Waals surface area contributed by atoms with Crippen molar-refractivity contribution in [2.24, 2.45) is 0 Å². The van der Waals surface area contributed by atoms with Gasteiger partial charge in [0, 0.05) is 6.20 Å². The van der Waals surface area contributed by atoms with E-state index in [4.69, 9.17) is 16.3 Å². The Morgan fingerprint density at radius 1 is 1.15 bits per heavy atom. The Hall–Kier alpha value is -1.58. The highest BCUT2D eigenvalue weighted by Gasteiger charge is 2.14. The summed E-state index contributed by atoms with van der Waals surface area (Å²) in [5.74, 6) is 0.885. The van der Waals surface area contributed by atoms with Gasteiger partial charge < -0.3 is 10.1 Å². The molecule has 2 aromatic rings. The van der Waals surface area contributed by atoms with E-state index in [2.05, 4.69) is 29.4 Å². The molecule has 1 aromatic carbocycles. The molecule has 20 heavy (non-hydrogen) atoms. The fourth-order valence-electron chi connectivity index (χ4n) is 2.08. The van der Waals surface area contributed by atoms with E-state index in [1.54, 1.807) is 6.20 Å². The lowest BCUT2D eigenvalue weighted by Gasteiger charge is -2.18. The second-order valence-electron chi connectivity index (χ2n) is 4.39. The zero-order valence-corrected chi connectivity index (χ0v) is 12.5. The Labute approximate surface area is 124 Å². The van der Waals surface area contributed by atoms with Crippen LogP contribution in [0.3, 0.4) is 0 Å². The number of hydrogen-bond donors (Lipinski definition) is 1. The molecule has 0 bridgehead atoms. The molecule has 106 valence electrons. The van der Waals surface area contributed by atoms with Crippen molar-refractivity contribution in [1.29, 1.82) is 0 Å². The predicted molar refractivity (Wildman–Crippen MR) is 82.4 cm³/mol. The Balaban J connectivity index is 2.25. The van der Waals surface area contributed by atoms with Gasteiger partial charge in [0.25, 0.3) is 0 Å². The Bertz CT molecular complexity index is 525. The molecular formula is C16H19ClN2O. The summed E-state index contributed by atoms with van der Waals surface area (Å²) in [6, 6.07) is 12.0. The Morgan fingerprint density at radius 3 is 2.45 bits per heavy atom. The van der Waals surface area contributed by atoms with Crippen molar-refractivity contribution in [1.82, 2.24) is 10.3 Å². The number of rotatable bonds is 6. The highest BCUT2D eigenvalue weighted by Crippen LogP contribution is 2.23. The van der Waals surface area contributed by atoms with Crippen LogP contribution in [-0.4, -0.2) is 18.1 Å². The molecule has 0 fully saturated rings. The third kappa shape index (κ3) is 3.71. The molecule has 0 radical (unpaired) electrons. The van der Waals surface area contributed by atoms with Crippen LogP contribution in [0.25, 0.3) is 0 Å². The van der Waals surface area contributed by atoms with E-state index in [9.17, 15) is 0 Å². The molecule has 1 unspecified atom stereocenters. The van der Waals surface area contributed by atoms with Crippen LogP contribution in [0.1, 0.15) is 31.1 Å². The first kappa shape index (κ1) is 14.8. The lowest BCUT2D eigenvalue weighted by Crippen LogP contribution is -2.22. The second kappa shape index (κ2) is 7.27. The third-order valence-electron chi connectivity index (χ3n) is 2.98. The van der Waals surface area contributed by atoms with Crippen molar-refractivity contribution in [2.45, 2.75) is 19.9 Å². The first-order valence-corrected chi connectivity index (χ1v) is 7.20. The van der Waals surface area contributed by atoms with E-state index in [0.717, 1.165) is 23.6 Å². The van der Waals surface area contributed by atoms with Crippen molar-refractivity contribution < 1.29 is 4.74 Å². The van der Waals surface area contributed by atoms with Gasteiger partial charge >= 0.3 is 0 Å². The molecule has 0 aliphatic carbocycles. The standard InChI is InChI=1S/C16H19ClN2O/c1-3-18-16(15-10-7-13(17)11-19-15)12-5-8-14(9-6-12)20-4-2/h5-11,16,18H,3-4H2,1-2H3. The van der Waals surface area contributed by atoms with Gasteiger partial charge in [0.05, 0.1) is 23.4 Å². The minimum Gasteiger partial charge on any atom is -0.494 e. The summed E-state index contributed by atoms with van der Waals surface area (Å²) < 4.78 is 5.47. The number of ether oxygens (including phenoxy) is 1. The number of nitrogens with zero attached hydrogens (tertiary/aromatic N) is 1. The van der Waals surface area contributed by atoms with Crippen molar-refractivity contribution in [3.63, 3.8) is 0 Å². The molecule has 1 heterocycles. The SMILES string of the molecule is CCNC(c1ccc(OCC)cc1)c1ccc(Cl)cn1. The van der Waals surface area contributed by atoms with Gasteiger partial charge in [0.2, 0.25) is 0 Å². The zero-order valence-electron chi connectivity index (χ0n) is 11.8. The van der Waals surface area contributed by atoms with Gasteiger partial charge in [-0.1, -0.05) is 30.7 Å². The molecule has 1 N–H and O–H groups in total. The van der Waals surface area contributed by atoms with Crippen LogP contribution in [0.15, 0.2) is 42.6 Å². The minimum atomic E-state index is 0.0629. The van der Waals surface area contributed by atoms with Crippen LogP contribution in [0.4, 0.5) is 0 Å². The average molecular weight is 291 g/mol. The van der Waals surface area contributed by atoms with Crippen molar-refractivity contribution in [2.75, 3.05) is 13.2 Å². The van der Waals surface area contributed by atoms with Crippen molar-refractivity contribution in [3.05, 3.63) is 58.9 Å². The number of benzene rings is 1. The summed E-state index contributed by atoms with van der Waals surface area (Å²) in [5, 5.41) is 4.09. The summed E-state index contributed by atoms with van der Waals surface area (Å²) in [7, 11) is 0. The maximum absolute atomic E-state index is 5.90. The largest absolute Gasteiger partial charge is 0.494 e. The van der Waals surface area contributed by atoms with Crippen molar-refractivity contribution >= 4 is 11.6 Å². The first-order valence-electron chi connectivity index (χ1n) is 6.82. The molecule has 1 aromatic heterocycles. The first-order chi connectivity index (χ1) is 9.74. The van der Waals surface area contributed by atoms with Crippen LogP contribution < -0.4 is 10.1 Å². The van der Waals surface area contributed by atoms with Crippen LogP contribution in [-0.2, 0) is 0 Å². The molecule has 0 amide bonds. The molecule has 0 aliphatic rings. The number of aromatic nitrogens is 1. The quantitative estimate of drug-likeness (QED) is 0.878. The highest BCUT2D eigenvalue weighted by atomic mass is 35.5. The van der Waals surface area contributed by atoms with Gasteiger partial charge in [-0.3, -0.25) is 4.98 Å². The van der Waals surface area contributed by atoms with Crippen LogP contribution in [0.2, 0.25) is 5.02 Å². The molecule has 0 saturated carbocycles. The number of halogens is 1. The molecule has 1 atom stereocenters. The monoisotopic (exact) mass is 290 g/mol. The summed E-state index contributed by atoms with van der Waals surface area (Å²) in [4.78, 5) is 4.41. The molecule has 2 rings (SSSR count). The topological polar surface area (TPSA) is 34.1 Å². The van der Waals surface area contributed by atoms with Gasteiger partial charge in [0.1, 0.15) is 5.75 Å². The summed E-state index contributed by atoms with van der Waals surface area (Å²) in [5.41, 5.74) is 2.12. The number of hydrogen-bond acceptors (Lipinski definition) is 3. The molecule has 4 heteroatoms. The van der Waals surface area contributed by atoms with E-state index in [1.165, 1.54) is 0 Å². The van der Waals surface area contributed by atoms with E-state index in [-0.39, 0.29) is 6.04 Å². The molecule has 0 aliphatic heterocycles. The molecule has 3 nitrogen and oxygen atoms in total. The van der Waals surface area contributed by atoms with E-state index < -0.39 is 0 Å². The van der Waals surface area contributed by atoms with Gasteiger partial charge in [-0.15, -0.1) is 0 Å². The van der Waals surface area contributed by atoms with Gasteiger partial charge in [-0.2, -0.15) is 0 Å². The fraction of sp³-hybridized carbons (Fsp3) is 0.312.